The third kappa shape index (κ3) is 4.86. The average Bonchev–Trinajstić information content (AvgIpc) is 2.73. The number of amides is 2. The maximum absolute atomic E-state index is 13.0. The molecule has 0 aromatic heterocycles. The molecule has 6 nitrogen and oxygen atoms in total. The van der Waals surface area contributed by atoms with Crippen LogP contribution in [-0.4, -0.2) is 54.7 Å². The standard InChI is InChI=1S/C20H21ClN2O4/c21-16-6-8-17(9-7-16)23(14-18(24)22-10-12-27-13-11-22)20(26)19(25)15-4-2-1-3-5-15/h1-9,19,25H,10-14H2. The summed E-state index contributed by atoms with van der Waals surface area (Å²) in [4.78, 5) is 28.6. The number of ether oxygens (including phenoxy) is 1. The Labute approximate surface area is 162 Å². The zero-order chi connectivity index (χ0) is 19.2. The lowest BCUT2D eigenvalue weighted by molar-refractivity contribution is -0.136. The van der Waals surface area contributed by atoms with E-state index in [0.717, 1.165) is 0 Å². The summed E-state index contributed by atoms with van der Waals surface area (Å²) >= 11 is 5.94. The first-order valence-corrected chi connectivity index (χ1v) is 9.09. The van der Waals surface area contributed by atoms with E-state index in [1.54, 1.807) is 59.5 Å². The zero-order valence-corrected chi connectivity index (χ0v) is 15.5. The molecule has 7 heteroatoms. The van der Waals surface area contributed by atoms with E-state index in [9.17, 15) is 14.7 Å². The third-order valence-corrected chi connectivity index (χ3v) is 4.66. The minimum Gasteiger partial charge on any atom is -0.378 e. The molecule has 1 aliphatic heterocycles. The molecule has 1 unspecified atom stereocenters. The normalized spacial score (nSPS) is 15.3. The van der Waals surface area contributed by atoms with Crippen molar-refractivity contribution in [1.82, 2.24) is 4.90 Å². The molecule has 1 N–H and O–H groups in total. The molecule has 1 heterocycles. The second-order valence-electron chi connectivity index (χ2n) is 6.21. The van der Waals surface area contributed by atoms with Crippen molar-refractivity contribution >= 4 is 29.1 Å². The Morgan fingerprint density at radius 2 is 1.70 bits per heavy atom. The topological polar surface area (TPSA) is 70.1 Å². The zero-order valence-electron chi connectivity index (χ0n) is 14.8. The van der Waals surface area contributed by atoms with Crippen molar-refractivity contribution in [2.75, 3.05) is 37.7 Å². The number of rotatable bonds is 5. The van der Waals surface area contributed by atoms with Gasteiger partial charge in [-0.1, -0.05) is 41.9 Å². The van der Waals surface area contributed by atoms with Gasteiger partial charge in [-0.15, -0.1) is 0 Å². The molecule has 0 radical (unpaired) electrons. The maximum Gasteiger partial charge on any atom is 0.260 e. The molecule has 0 saturated carbocycles. The van der Waals surface area contributed by atoms with Gasteiger partial charge in [0.25, 0.3) is 5.91 Å². The van der Waals surface area contributed by atoms with Crippen molar-refractivity contribution in [1.29, 1.82) is 0 Å². The first-order chi connectivity index (χ1) is 13.1. The number of morpholine rings is 1. The third-order valence-electron chi connectivity index (χ3n) is 4.41. The monoisotopic (exact) mass is 388 g/mol. The van der Waals surface area contributed by atoms with Crippen LogP contribution in [0.1, 0.15) is 11.7 Å². The lowest BCUT2D eigenvalue weighted by atomic mass is 10.1. The number of aliphatic hydroxyl groups excluding tert-OH is 1. The van der Waals surface area contributed by atoms with Gasteiger partial charge < -0.3 is 19.6 Å². The summed E-state index contributed by atoms with van der Waals surface area (Å²) in [6.07, 6.45) is -1.36. The van der Waals surface area contributed by atoms with E-state index < -0.39 is 12.0 Å². The molecule has 0 spiro atoms. The molecule has 142 valence electrons. The van der Waals surface area contributed by atoms with E-state index in [2.05, 4.69) is 0 Å². The SMILES string of the molecule is O=C(CN(C(=O)C(O)c1ccccc1)c1ccc(Cl)cc1)N1CCOCC1. The number of hydrogen-bond acceptors (Lipinski definition) is 4. The highest BCUT2D eigenvalue weighted by Crippen LogP contribution is 2.23. The predicted octanol–water partition coefficient (Wildman–Crippen LogP) is 2.27. The van der Waals surface area contributed by atoms with Crippen LogP contribution in [0.2, 0.25) is 5.02 Å². The van der Waals surface area contributed by atoms with Crippen LogP contribution in [0.25, 0.3) is 0 Å². The predicted molar refractivity (Wildman–Crippen MR) is 103 cm³/mol. The Morgan fingerprint density at radius 3 is 2.33 bits per heavy atom. The van der Waals surface area contributed by atoms with Gasteiger partial charge in [-0.3, -0.25) is 9.59 Å². The summed E-state index contributed by atoms with van der Waals surface area (Å²) in [5.41, 5.74) is 0.973. The molecule has 1 saturated heterocycles. The van der Waals surface area contributed by atoms with Crippen LogP contribution < -0.4 is 4.90 Å². The minimum absolute atomic E-state index is 0.162. The van der Waals surface area contributed by atoms with Gasteiger partial charge >= 0.3 is 0 Å². The molecule has 2 aromatic carbocycles. The number of nitrogens with zero attached hydrogens (tertiary/aromatic N) is 2. The summed E-state index contributed by atoms with van der Waals surface area (Å²) in [5, 5.41) is 11.1. The van der Waals surface area contributed by atoms with Crippen LogP contribution in [0.5, 0.6) is 0 Å². The summed E-state index contributed by atoms with van der Waals surface area (Å²) in [7, 11) is 0. The van der Waals surface area contributed by atoms with Crippen molar-refractivity contribution < 1.29 is 19.4 Å². The van der Waals surface area contributed by atoms with Crippen LogP contribution in [0.4, 0.5) is 5.69 Å². The van der Waals surface area contributed by atoms with Gasteiger partial charge in [0.15, 0.2) is 6.10 Å². The highest BCUT2D eigenvalue weighted by atomic mass is 35.5. The molecule has 1 fully saturated rings. The van der Waals surface area contributed by atoms with Crippen molar-refractivity contribution in [3.05, 3.63) is 65.2 Å². The Hall–Kier alpha value is -2.41. The number of carbonyl (C=O) groups excluding carboxylic acids is 2. The number of carbonyl (C=O) groups is 2. The first kappa shape index (κ1) is 19.4. The van der Waals surface area contributed by atoms with E-state index in [4.69, 9.17) is 16.3 Å². The van der Waals surface area contributed by atoms with Crippen LogP contribution in [-0.2, 0) is 14.3 Å². The van der Waals surface area contributed by atoms with Gasteiger partial charge in [-0.2, -0.15) is 0 Å². The van der Waals surface area contributed by atoms with Crippen molar-refractivity contribution in [3.8, 4) is 0 Å². The highest BCUT2D eigenvalue weighted by Gasteiger charge is 2.28. The van der Waals surface area contributed by atoms with Gasteiger partial charge in [0.1, 0.15) is 6.54 Å². The molecule has 2 amide bonds. The van der Waals surface area contributed by atoms with Gasteiger partial charge in [0, 0.05) is 23.8 Å². The Bertz CT molecular complexity index is 776. The van der Waals surface area contributed by atoms with E-state index >= 15 is 0 Å². The quantitative estimate of drug-likeness (QED) is 0.853. The molecule has 1 atom stereocenters. The minimum atomic E-state index is -1.36. The second kappa shape index (κ2) is 8.99. The lowest BCUT2D eigenvalue weighted by Gasteiger charge is -2.31. The number of anilines is 1. The van der Waals surface area contributed by atoms with Crippen LogP contribution in [0.3, 0.4) is 0 Å². The van der Waals surface area contributed by atoms with Gasteiger partial charge in [-0.05, 0) is 29.8 Å². The van der Waals surface area contributed by atoms with E-state index in [1.165, 1.54) is 4.90 Å². The molecule has 1 aliphatic rings. The van der Waals surface area contributed by atoms with Crippen LogP contribution in [0, 0.1) is 0 Å². The molecule has 2 aromatic rings. The molecule has 3 rings (SSSR count). The van der Waals surface area contributed by atoms with E-state index in [1.807, 2.05) is 0 Å². The molecular formula is C20H21ClN2O4. The largest absolute Gasteiger partial charge is 0.378 e. The van der Waals surface area contributed by atoms with E-state index in [-0.39, 0.29) is 12.5 Å². The average molecular weight is 389 g/mol. The molecular weight excluding hydrogens is 368 g/mol. The van der Waals surface area contributed by atoms with Crippen LogP contribution >= 0.6 is 11.6 Å². The number of hydrogen-bond donors (Lipinski definition) is 1. The smallest absolute Gasteiger partial charge is 0.260 e. The number of halogens is 1. The fourth-order valence-corrected chi connectivity index (χ4v) is 3.02. The van der Waals surface area contributed by atoms with Crippen LogP contribution in [0.15, 0.2) is 54.6 Å². The Balaban J connectivity index is 1.83. The first-order valence-electron chi connectivity index (χ1n) is 8.72. The number of aliphatic hydroxyl groups is 1. The highest BCUT2D eigenvalue weighted by molar-refractivity contribution is 6.30. The van der Waals surface area contributed by atoms with Gasteiger partial charge in [-0.25, -0.2) is 0 Å². The number of benzene rings is 2. The molecule has 27 heavy (non-hydrogen) atoms. The lowest BCUT2D eigenvalue weighted by Crippen LogP contribution is -2.48. The summed E-state index contributed by atoms with van der Waals surface area (Å²) < 4.78 is 5.27. The fraction of sp³-hybridized carbons (Fsp3) is 0.300. The summed E-state index contributed by atoms with van der Waals surface area (Å²) in [6.45, 7) is 1.77. The van der Waals surface area contributed by atoms with E-state index in [0.29, 0.717) is 42.6 Å². The summed E-state index contributed by atoms with van der Waals surface area (Å²) in [6, 6.07) is 15.2. The van der Waals surface area contributed by atoms with Gasteiger partial charge in [0.05, 0.1) is 13.2 Å². The Morgan fingerprint density at radius 1 is 1.07 bits per heavy atom. The summed E-state index contributed by atoms with van der Waals surface area (Å²) in [5.74, 6) is -0.757. The van der Waals surface area contributed by atoms with Crippen molar-refractivity contribution in [2.24, 2.45) is 0 Å². The molecule has 0 aliphatic carbocycles. The molecule has 0 bridgehead atoms. The Kier molecular flexibility index (Phi) is 6.45. The second-order valence-corrected chi connectivity index (χ2v) is 6.64. The fourth-order valence-electron chi connectivity index (χ4n) is 2.89. The maximum atomic E-state index is 13.0. The van der Waals surface area contributed by atoms with Gasteiger partial charge in [0.2, 0.25) is 5.91 Å². The van der Waals surface area contributed by atoms with Crippen molar-refractivity contribution in [2.45, 2.75) is 6.10 Å². The van der Waals surface area contributed by atoms with Crippen molar-refractivity contribution in [3.63, 3.8) is 0 Å².